The second kappa shape index (κ2) is 8.06. The molecule has 31 heavy (non-hydrogen) atoms. The van der Waals surface area contributed by atoms with Gasteiger partial charge in [-0.25, -0.2) is 4.98 Å². The fourth-order valence-electron chi connectivity index (χ4n) is 4.17. The predicted molar refractivity (Wildman–Crippen MR) is 120 cm³/mol. The molecule has 2 aromatic carbocycles. The Hall–Kier alpha value is -2.18. The molecule has 2 atom stereocenters. The first-order valence-electron chi connectivity index (χ1n) is 10.2. The summed E-state index contributed by atoms with van der Waals surface area (Å²) in [5, 5.41) is 0. The van der Waals surface area contributed by atoms with E-state index < -0.39 is 7.60 Å². The molecule has 5 rings (SSSR count). The number of methoxy groups -OCH3 is 1. The lowest BCUT2D eigenvalue weighted by molar-refractivity contribution is 0.0724. The van der Waals surface area contributed by atoms with Crippen molar-refractivity contribution in [3.05, 3.63) is 63.0 Å². The molecule has 0 unspecified atom stereocenters. The van der Waals surface area contributed by atoms with Gasteiger partial charge in [-0.1, -0.05) is 12.1 Å². The first-order chi connectivity index (χ1) is 15.0. The highest BCUT2D eigenvalue weighted by Gasteiger charge is 2.36. The largest absolute Gasteiger partial charge is 0.497 e. The lowest BCUT2D eigenvalue weighted by Crippen LogP contribution is -2.17. The number of aryl methyl sites for hydroxylation is 1. The summed E-state index contributed by atoms with van der Waals surface area (Å²) in [6.45, 7) is 4.54. The molecule has 3 aromatic rings. The van der Waals surface area contributed by atoms with Crippen LogP contribution in [0.5, 0.6) is 11.5 Å². The van der Waals surface area contributed by atoms with Crippen LogP contribution in [-0.4, -0.2) is 25.0 Å². The van der Waals surface area contributed by atoms with Crippen molar-refractivity contribution < 1.29 is 23.1 Å². The number of rotatable bonds is 5. The molecule has 0 spiro atoms. The zero-order valence-electron chi connectivity index (χ0n) is 17.7. The number of nitrogens with zero attached hydrogens (tertiary/aromatic N) is 1. The molecule has 1 fully saturated rings. The van der Waals surface area contributed by atoms with Crippen LogP contribution in [0.4, 0.5) is 0 Å². The Morgan fingerprint density at radius 2 is 2.16 bits per heavy atom. The molecule has 1 aliphatic heterocycles. The average molecular weight is 457 g/mol. The molecule has 162 valence electrons. The summed E-state index contributed by atoms with van der Waals surface area (Å²) in [6.07, 6.45) is 1.02. The first kappa shape index (κ1) is 20.7. The minimum Gasteiger partial charge on any atom is -0.497 e. The van der Waals surface area contributed by atoms with Crippen LogP contribution >= 0.6 is 18.9 Å². The van der Waals surface area contributed by atoms with E-state index in [1.807, 2.05) is 35.8 Å². The Labute approximate surface area is 185 Å². The van der Waals surface area contributed by atoms with Gasteiger partial charge in [0.05, 0.1) is 31.0 Å². The van der Waals surface area contributed by atoms with Gasteiger partial charge in [-0.05, 0) is 54.3 Å². The van der Waals surface area contributed by atoms with Crippen LogP contribution in [0.25, 0.3) is 11.3 Å². The molecule has 0 bridgehead atoms. The highest BCUT2D eigenvalue weighted by atomic mass is 32.1. The van der Waals surface area contributed by atoms with Crippen molar-refractivity contribution in [2.45, 2.75) is 32.8 Å². The maximum atomic E-state index is 13.4. The molecule has 0 N–H and O–H groups in total. The van der Waals surface area contributed by atoms with Gasteiger partial charge in [0.2, 0.25) is 0 Å². The normalized spacial score (nSPS) is 22.1. The Balaban J connectivity index is 1.38. The van der Waals surface area contributed by atoms with E-state index in [0.29, 0.717) is 18.8 Å². The van der Waals surface area contributed by atoms with E-state index in [4.69, 9.17) is 18.5 Å². The SMILES string of the molecule is COc1cccc([C@@H]2CCO[P@@](=O)(COc3cc(C)c(C)c4c3-c3ncsc3C4)O2)c1. The monoisotopic (exact) mass is 457 g/mol. The quantitative estimate of drug-likeness (QED) is 0.340. The summed E-state index contributed by atoms with van der Waals surface area (Å²) in [7, 11) is -1.80. The van der Waals surface area contributed by atoms with Gasteiger partial charge in [0.15, 0.2) is 6.35 Å². The maximum absolute atomic E-state index is 13.4. The fourth-order valence-corrected chi connectivity index (χ4v) is 6.44. The van der Waals surface area contributed by atoms with Gasteiger partial charge in [0.25, 0.3) is 0 Å². The first-order valence-corrected chi connectivity index (χ1v) is 12.8. The lowest BCUT2D eigenvalue weighted by Gasteiger charge is -2.30. The summed E-state index contributed by atoms with van der Waals surface area (Å²) < 4.78 is 36.3. The Bertz CT molecular complexity index is 1190. The number of hydrogen-bond acceptors (Lipinski definition) is 7. The van der Waals surface area contributed by atoms with Gasteiger partial charge in [0.1, 0.15) is 11.5 Å². The van der Waals surface area contributed by atoms with Crippen molar-refractivity contribution in [3.8, 4) is 22.8 Å². The predicted octanol–water partition coefficient (Wildman–Crippen LogP) is 6.05. The highest BCUT2D eigenvalue weighted by molar-refractivity contribution is 7.53. The van der Waals surface area contributed by atoms with Crippen LogP contribution in [0.2, 0.25) is 0 Å². The van der Waals surface area contributed by atoms with Crippen LogP contribution in [-0.2, 0) is 20.0 Å². The fraction of sp³-hybridized carbons (Fsp3) is 0.348. The topological polar surface area (TPSA) is 66.9 Å². The summed E-state index contributed by atoms with van der Waals surface area (Å²) >= 11 is 1.66. The summed E-state index contributed by atoms with van der Waals surface area (Å²) in [5.41, 5.74) is 8.39. The number of fused-ring (bicyclic) bond motifs is 3. The molecule has 0 saturated carbocycles. The van der Waals surface area contributed by atoms with E-state index in [2.05, 4.69) is 18.8 Å². The third kappa shape index (κ3) is 3.80. The van der Waals surface area contributed by atoms with E-state index >= 15 is 0 Å². The third-order valence-corrected chi connectivity index (χ3v) is 8.38. The summed E-state index contributed by atoms with van der Waals surface area (Å²) in [5.74, 6) is 1.43. The standard InChI is InChI=1S/C23H24NO5PS/c1-14-9-20(22-18(15(14)2)11-21-23(22)24-12-31-21)27-13-30(25)28-8-7-19(29-30)16-5-4-6-17(10-16)26-3/h4-6,9-10,12,19H,7-8,11,13H2,1-3H3/t19-,30-/m0/s1. The van der Waals surface area contributed by atoms with E-state index in [0.717, 1.165) is 34.6 Å². The minimum atomic E-state index is -3.43. The number of thiazole rings is 1. The van der Waals surface area contributed by atoms with Crippen molar-refractivity contribution in [2.75, 3.05) is 20.1 Å². The number of ether oxygens (including phenoxy) is 2. The average Bonchev–Trinajstić information content (AvgIpc) is 3.37. The van der Waals surface area contributed by atoms with Crippen LogP contribution < -0.4 is 9.47 Å². The zero-order valence-corrected chi connectivity index (χ0v) is 19.4. The van der Waals surface area contributed by atoms with E-state index in [1.165, 1.54) is 16.0 Å². The molecular weight excluding hydrogens is 433 g/mol. The molecule has 2 aliphatic rings. The smallest absolute Gasteiger partial charge is 0.368 e. The summed E-state index contributed by atoms with van der Waals surface area (Å²) in [6, 6.07) is 9.62. The highest BCUT2D eigenvalue weighted by Crippen LogP contribution is 2.57. The third-order valence-electron chi connectivity index (χ3n) is 5.95. The molecule has 2 heterocycles. The second-order valence-electron chi connectivity index (χ2n) is 7.85. The van der Waals surface area contributed by atoms with Crippen molar-refractivity contribution in [1.82, 2.24) is 4.98 Å². The van der Waals surface area contributed by atoms with Gasteiger partial charge >= 0.3 is 7.60 Å². The molecule has 1 saturated heterocycles. The second-order valence-corrected chi connectivity index (χ2v) is 10.7. The number of hydrogen-bond donors (Lipinski definition) is 0. The molecule has 0 radical (unpaired) electrons. The minimum absolute atomic E-state index is 0.137. The zero-order chi connectivity index (χ0) is 21.6. The number of benzene rings is 2. The van der Waals surface area contributed by atoms with Gasteiger partial charge < -0.3 is 14.0 Å². The van der Waals surface area contributed by atoms with Crippen LogP contribution in [0, 0.1) is 13.8 Å². The Kier molecular flexibility index (Phi) is 5.39. The van der Waals surface area contributed by atoms with Crippen molar-refractivity contribution >= 4 is 18.9 Å². The van der Waals surface area contributed by atoms with E-state index in [-0.39, 0.29) is 12.5 Å². The van der Waals surface area contributed by atoms with E-state index in [1.54, 1.807) is 18.4 Å². The van der Waals surface area contributed by atoms with Crippen LogP contribution in [0.1, 0.15) is 39.7 Å². The van der Waals surface area contributed by atoms with Crippen LogP contribution in [0.3, 0.4) is 0 Å². The molecule has 1 aliphatic carbocycles. The number of aromatic nitrogens is 1. The summed E-state index contributed by atoms with van der Waals surface area (Å²) in [4.78, 5) is 5.78. The molecular formula is C23H24NO5PS. The van der Waals surface area contributed by atoms with Crippen molar-refractivity contribution in [1.29, 1.82) is 0 Å². The lowest BCUT2D eigenvalue weighted by atomic mass is 9.98. The van der Waals surface area contributed by atoms with Gasteiger partial charge in [-0.2, -0.15) is 0 Å². The van der Waals surface area contributed by atoms with E-state index in [9.17, 15) is 4.57 Å². The van der Waals surface area contributed by atoms with Crippen molar-refractivity contribution in [3.63, 3.8) is 0 Å². The Morgan fingerprint density at radius 3 is 3.00 bits per heavy atom. The van der Waals surface area contributed by atoms with Crippen molar-refractivity contribution in [2.24, 2.45) is 0 Å². The van der Waals surface area contributed by atoms with Crippen LogP contribution in [0.15, 0.2) is 35.8 Å². The van der Waals surface area contributed by atoms with Gasteiger partial charge in [-0.15, -0.1) is 11.3 Å². The molecule has 6 nitrogen and oxygen atoms in total. The van der Waals surface area contributed by atoms with Gasteiger partial charge in [-0.3, -0.25) is 9.09 Å². The molecule has 1 aromatic heterocycles. The molecule has 0 amide bonds. The van der Waals surface area contributed by atoms with Gasteiger partial charge in [0, 0.05) is 23.3 Å². The molecule has 8 heteroatoms. The maximum Gasteiger partial charge on any atom is 0.368 e. The Morgan fingerprint density at radius 1 is 1.29 bits per heavy atom.